The smallest absolute Gasteiger partial charge is 0.191 e. The molecule has 2 aromatic heterocycles. The minimum absolute atomic E-state index is 0.228. The molecular weight excluding hydrogens is 598 g/mol. The van der Waals surface area contributed by atoms with E-state index in [1.165, 1.54) is 0 Å². The van der Waals surface area contributed by atoms with Gasteiger partial charge in [-0.15, -0.1) is 0 Å². The molecule has 0 aliphatic carbocycles. The molecule has 0 unspecified atom stereocenters. The van der Waals surface area contributed by atoms with Gasteiger partial charge in [-0.1, -0.05) is 45.0 Å². The number of nitrogens with zero attached hydrogens (tertiary/aromatic N) is 3. The summed E-state index contributed by atoms with van der Waals surface area (Å²) in [6.45, 7) is 14.1. The van der Waals surface area contributed by atoms with E-state index in [0.717, 1.165) is 51.6 Å². The first kappa shape index (κ1) is 31.0. The predicted octanol–water partition coefficient (Wildman–Crippen LogP) is 8.08. The molecule has 4 rings (SSSR count). The number of benzene rings is 2. The van der Waals surface area contributed by atoms with E-state index in [4.69, 9.17) is 23.7 Å². The summed E-state index contributed by atoms with van der Waals surface area (Å²) in [4.78, 5) is 4.40. The molecule has 0 N–H and O–H groups in total. The number of para-hydroxylation sites is 1. The molecule has 0 saturated heterocycles. The molecule has 0 bridgehead atoms. The second-order valence-electron chi connectivity index (χ2n) is 11.3. The fraction of sp³-hybridized carbons (Fsp3) is 0.375. The van der Waals surface area contributed by atoms with Crippen molar-refractivity contribution in [2.75, 3.05) is 26.4 Å². The molecule has 0 atom stereocenters. The average Bonchev–Trinajstić information content (AvgIpc) is 3.35. The van der Waals surface area contributed by atoms with Crippen molar-refractivity contribution in [3.05, 3.63) is 89.2 Å². The fourth-order valence-corrected chi connectivity index (χ4v) is 5.36. The van der Waals surface area contributed by atoms with Gasteiger partial charge in [-0.05, 0) is 82.9 Å². The Labute approximate surface area is 253 Å². The van der Waals surface area contributed by atoms with Crippen LogP contribution in [0.1, 0.15) is 32.8 Å². The quantitative estimate of drug-likeness (QED) is 0.103. The Bertz CT molecular complexity index is 1370. The van der Waals surface area contributed by atoms with Gasteiger partial charge in [-0.25, -0.2) is 4.68 Å². The first-order valence-corrected chi connectivity index (χ1v) is 17.7. The van der Waals surface area contributed by atoms with Crippen LogP contribution in [0.25, 0.3) is 17.1 Å². The van der Waals surface area contributed by atoms with Gasteiger partial charge in [0.05, 0.1) is 22.5 Å². The molecule has 2 heterocycles. The summed E-state index contributed by atoms with van der Waals surface area (Å²) in [5, 5.41) is 4.92. The molecule has 0 fully saturated rings. The van der Waals surface area contributed by atoms with Gasteiger partial charge < -0.3 is 18.6 Å². The zero-order valence-electron chi connectivity index (χ0n) is 24.6. The van der Waals surface area contributed by atoms with E-state index in [1.807, 2.05) is 77.6 Å². The Morgan fingerprint density at radius 2 is 1.61 bits per heavy atom. The van der Waals surface area contributed by atoms with Crippen LogP contribution in [-0.2, 0) is 15.8 Å². The van der Waals surface area contributed by atoms with Gasteiger partial charge in [0.25, 0.3) is 0 Å². The van der Waals surface area contributed by atoms with E-state index in [1.54, 1.807) is 6.20 Å². The van der Waals surface area contributed by atoms with Crippen LogP contribution in [0.2, 0.25) is 18.1 Å². The molecule has 9 heteroatoms. The molecule has 2 aromatic carbocycles. The van der Waals surface area contributed by atoms with Crippen molar-refractivity contribution < 1.29 is 18.6 Å². The molecule has 0 spiro atoms. The number of rotatable bonds is 14. The maximum atomic E-state index is 6.21. The highest BCUT2D eigenvalue weighted by molar-refractivity contribution is 9.10. The Morgan fingerprint density at radius 1 is 0.854 bits per heavy atom. The Morgan fingerprint density at radius 3 is 2.34 bits per heavy atom. The van der Waals surface area contributed by atoms with Crippen molar-refractivity contribution in [2.45, 2.75) is 51.9 Å². The summed E-state index contributed by atoms with van der Waals surface area (Å²) < 4.78 is 26.8. The van der Waals surface area contributed by atoms with Crippen molar-refractivity contribution in [2.24, 2.45) is 0 Å². The third-order valence-electron chi connectivity index (χ3n) is 7.23. The normalized spacial score (nSPS) is 12.0. The number of ether oxygens (including phenoxy) is 3. The van der Waals surface area contributed by atoms with Crippen molar-refractivity contribution >= 4 is 24.2 Å². The molecular formula is C32H40BrN3O4Si. The highest BCUT2D eigenvalue weighted by Gasteiger charge is 2.36. The van der Waals surface area contributed by atoms with E-state index in [2.05, 4.69) is 54.8 Å². The fourth-order valence-electron chi connectivity index (χ4n) is 3.80. The van der Waals surface area contributed by atoms with Gasteiger partial charge in [0, 0.05) is 31.2 Å². The van der Waals surface area contributed by atoms with Crippen LogP contribution in [0, 0.1) is 0 Å². The predicted molar refractivity (Wildman–Crippen MR) is 169 cm³/mol. The molecule has 218 valence electrons. The lowest BCUT2D eigenvalue weighted by atomic mass is 10.2. The molecule has 0 aliphatic rings. The second-order valence-corrected chi connectivity index (χ2v) is 17.0. The minimum Gasteiger partial charge on any atom is -0.491 e. The van der Waals surface area contributed by atoms with Gasteiger partial charge in [0.15, 0.2) is 8.32 Å². The van der Waals surface area contributed by atoms with Crippen molar-refractivity contribution in [1.82, 2.24) is 14.8 Å². The third-order valence-corrected chi connectivity index (χ3v) is 12.4. The van der Waals surface area contributed by atoms with Crippen LogP contribution in [-0.4, -0.2) is 49.5 Å². The second kappa shape index (κ2) is 14.3. The highest BCUT2D eigenvalue weighted by Crippen LogP contribution is 2.36. The van der Waals surface area contributed by atoms with Gasteiger partial charge in [-0.2, -0.15) is 5.10 Å². The number of aromatic nitrogens is 3. The average molecular weight is 639 g/mol. The van der Waals surface area contributed by atoms with Crippen LogP contribution < -0.4 is 9.47 Å². The number of hydrogen-bond acceptors (Lipinski definition) is 6. The molecule has 0 saturated carbocycles. The molecule has 41 heavy (non-hydrogen) atoms. The summed E-state index contributed by atoms with van der Waals surface area (Å²) in [6.07, 6.45) is 4.58. The maximum Gasteiger partial charge on any atom is 0.191 e. The lowest BCUT2D eigenvalue weighted by Crippen LogP contribution is -2.41. The maximum absolute atomic E-state index is 6.21. The monoisotopic (exact) mass is 637 g/mol. The van der Waals surface area contributed by atoms with Gasteiger partial charge in [0.1, 0.15) is 30.4 Å². The standard InChI is InChI=1S/C32H40BrN3O4Si/c1-32(2,3)41(4,5)40-20-10-19-37-21-22-38-30-13-7-6-11-25(30)24-39-27-16-14-26(15-17-27)36-23-28(33)31(35-36)29-12-8-9-18-34-29/h6-9,11-18,23H,10,19-22,24H2,1-5H3. The van der Waals surface area contributed by atoms with Crippen molar-refractivity contribution in [1.29, 1.82) is 0 Å². The lowest BCUT2D eigenvalue weighted by molar-refractivity contribution is 0.0885. The Hall–Kier alpha value is -2.98. The summed E-state index contributed by atoms with van der Waals surface area (Å²) in [5.41, 5.74) is 3.52. The Balaban J connectivity index is 1.21. The minimum atomic E-state index is -1.69. The number of halogens is 1. The zero-order valence-corrected chi connectivity index (χ0v) is 27.2. The van der Waals surface area contributed by atoms with Crippen LogP contribution in [0.15, 0.2) is 83.6 Å². The molecule has 7 nitrogen and oxygen atoms in total. The van der Waals surface area contributed by atoms with E-state index in [-0.39, 0.29) is 5.04 Å². The largest absolute Gasteiger partial charge is 0.491 e. The zero-order chi connectivity index (χ0) is 29.3. The lowest BCUT2D eigenvalue weighted by Gasteiger charge is -2.36. The van der Waals surface area contributed by atoms with Gasteiger partial charge in [-0.3, -0.25) is 4.98 Å². The Kier molecular flexibility index (Phi) is 10.8. The number of pyridine rings is 1. The highest BCUT2D eigenvalue weighted by atomic mass is 79.9. The van der Waals surface area contributed by atoms with Crippen LogP contribution in [0.5, 0.6) is 11.5 Å². The van der Waals surface area contributed by atoms with E-state index in [0.29, 0.717) is 26.4 Å². The third kappa shape index (κ3) is 8.75. The van der Waals surface area contributed by atoms with E-state index in [9.17, 15) is 0 Å². The van der Waals surface area contributed by atoms with Gasteiger partial charge >= 0.3 is 0 Å². The van der Waals surface area contributed by atoms with Crippen molar-refractivity contribution in [3.8, 4) is 28.6 Å². The van der Waals surface area contributed by atoms with Crippen LogP contribution in [0.4, 0.5) is 0 Å². The summed E-state index contributed by atoms with van der Waals surface area (Å²) >= 11 is 3.60. The molecule has 0 aliphatic heterocycles. The SMILES string of the molecule is CC(C)(C)[Si](C)(C)OCCCOCCOc1ccccc1COc1ccc(-n2cc(Br)c(-c3ccccn3)n2)cc1. The van der Waals surface area contributed by atoms with E-state index < -0.39 is 8.32 Å². The first-order chi connectivity index (χ1) is 19.6. The van der Waals surface area contributed by atoms with Crippen LogP contribution >= 0.6 is 15.9 Å². The molecule has 4 aromatic rings. The molecule has 0 radical (unpaired) electrons. The summed E-state index contributed by atoms with van der Waals surface area (Å²) in [7, 11) is -1.69. The van der Waals surface area contributed by atoms with Gasteiger partial charge in [0.2, 0.25) is 0 Å². The van der Waals surface area contributed by atoms with Crippen LogP contribution in [0.3, 0.4) is 0 Å². The molecule has 0 amide bonds. The number of hydrogen-bond donors (Lipinski definition) is 0. The summed E-state index contributed by atoms with van der Waals surface area (Å²) in [6, 6.07) is 21.6. The topological polar surface area (TPSA) is 67.6 Å². The van der Waals surface area contributed by atoms with Crippen molar-refractivity contribution in [3.63, 3.8) is 0 Å². The summed E-state index contributed by atoms with van der Waals surface area (Å²) in [5.74, 6) is 1.57. The first-order valence-electron chi connectivity index (χ1n) is 14.0. The van der Waals surface area contributed by atoms with E-state index >= 15 is 0 Å².